The third-order valence-electron chi connectivity index (χ3n) is 2.97. The Labute approximate surface area is 116 Å². The van der Waals surface area contributed by atoms with Crippen LogP contribution in [0.15, 0.2) is 30.3 Å². The lowest BCUT2D eigenvalue weighted by Crippen LogP contribution is -2.08. The molecule has 0 amide bonds. The second-order valence-electron chi connectivity index (χ2n) is 4.00. The third kappa shape index (κ3) is 2.44. The number of carbonyl (C=O) groups is 1. The lowest BCUT2D eigenvalue weighted by molar-refractivity contribution is 0.0685. The molecular weight excluding hydrogens is 266 g/mol. The Bertz CT molecular complexity index is 619. The van der Waals surface area contributed by atoms with Crippen LogP contribution in [0.5, 0.6) is 5.75 Å². The molecule has 0 saturated carbocycles. The number of hydrogen-bond acceptors (Lipinski definition) is 2. The van der Waals surface area contributed by atoms with Gasteiger partial charge in [0.1, 0.15) is 11.4 Å². The summed E-state index contributed by atoms with van der Waals surface area (Å²) < 4.78 is 6.89. The van der Waals surface area contributed by atoms with Crippen molar-refractivity contribution in [3.63, 3.8) is 0 Å². The fourth-order valence-electron chi connectivity index (χ4n) is 2.06. The fourth-order valence-corrected chi connectivity index (χ4v) is 2.27. The zero-order chi connectivity index (χ0) is 14.0. The second kappa shape index (κ2) is 5.36. The summed E-state index contributed by atoms with van der Waals surface area (Å²) in [5.74, 6) is -0.271. The number of ether oxygens (including phenoxy) is 1. The molecule has 0 aliphatic rings. The number of carboxylic acid groups (broad SMARTS) is 1. The number of hydrogen-bond donors (Lipinski definition) is 1. The molecule has 1 aromatic carbocycles. The van der Waals surface area contributed by atoms with E-state index in [1.54, 1.807) is 42.0 Å². The van der Waals surface area contributed by atoms with Gasteiger partial charge in [0.05, 0.1) is 17.8 Å². The average Bonchev–Trinajstić information content (AvgIpc) is 2.83. The first-order valence-corrected chi connectivity index (χ1v) is 6.23. The maximum absolute atomic E-state index is 11.2. The molecular formula is C14H14ClNO3. The number of aromatic nitrogens is 1. The number of nitrogens with zero attached hydrogens (tertiary/aromatic N) is 1. The van der Waals surface area contributed by atoms with E-state index in [1.165, 1.54) is 0 Å². The van der Waals surface area contributed by atoms with Gasteiger partial charge >= 0.3 is 5.97 Å². The summed E-state index contributed by atoms with van der Waals surface area (Å²) in [6.07, 6.45) is 0. The van der Waals surface area contributed by atoms with Gasteiger partial charge in [-0.15, -0.1) is 0 Å². The molecule has 0 aliphatic carbocycles. The summed E-state index contributed by atoms with van der Waals surface area (Å²) in [5, 5.41) is 9.71. The Hall–Kier alpha value is -1.94. The highest BCUT2D eigenvalue weighted by Crippen LogP contribution is 2.32. The summed E-state index contributed by atoms with van der Waals surface area (Å²) >= 11 is 6.19. The highest BCUT2D eigenvalue weighted by Gasteiger charge is 2.16. The van der Waals surface area contributed by atoms with Gasteiger partial charge in [-0.2, -0.15) is 0 Å². The lowest BCUT2D eigenvalue weighted by atomic mass is 10.1. The highest BCUT2D eigenvalue weighted by molar-refractivity contribution is 6.33. The standard InChI is InChI=1S/C14H14ClNO3/c1-3-16-12(6-7-13(16)14(17)18)10-8-9(19-2)4-5-11(10)15/h4-8H,3H2,1-2H3,(H,17,18). The van der Waals surface area contributed by atoms with Gasteiger partial charge in [-0.3, -0.25) is 0 Å². The Morgan fingerprint density at radius 3 is 2.68 bits per heavy atom. The molecule has 0 spiro atoms. The van der Waals surface area contributed by atoms with Gasteiger partial charge in [-0.05, 0) is 37.3 Å². The molecule has 2 rings (SSSR count). The zero-order valence-electron chi connectivity index (χ0n) is 10.7. The Morgan fingerprint density at radius 1 is 1.37 bits per heavy atom. The predicted octanol–water partition coefficient (Wildman–Crippen LogP) is 3.54. The van der Waals surface area contributed by atoms with Crippen molar-refractivity contribution in [3.8, 4) is 17.0 Å². The molecule has 0 bridgehead atoms. The highest BCUT2D eigenvalue weighted by atomic mass is 35.5. The Balaban J connectivity index is 2.61. The van der Waals surface area contributed by atoms with E-state index in [0.717, 1.165) is 11.3 Å². The first-order chi connectivity index (χ1) is 9.08. The van der Waals surface area contributed by atoms with Crippen LogP contribution in [0.3, 0.4) is 0 Å². The van der Waals surface area contributed by atoms with Crippen molar-refractivity contribution >= 4 is 17.6 Å². The maximum atomic E-state index is 11.2. The van der Waals surface area contributed by atoms with Gasteiger partial charge in [0.15, 0.2) is 0 Å². The molecule has 4 nitrogen and oxygen atoms in total. The van der Waals surface area contributed by atoms with Gasteiger partial charge in [-0.25, -0.2) is 4.79 Å². The maximum Gasteiger partial charge on any atom is 0.352 e. The van der Waals surface area contributed by atoms with Crippen molar-refractivity contribution in [3.05, 3.63) is 41.0 Å². The van der Waals surface area contributed by atoms with E-state index < -0.39 is 5.97 Å². The van der Waals surface area contributed by atoms with Crippen LogP contribution >= 0.6 is 11.6 Å². The first kappa shape index (κ1) is 13.5. The quantitative estimate of drug-likeness (QED) is 0.931. The molecule has 1 heterocycles. The van der Waals surface area contributed by atoms with E-state index in [1.807, 2.05) is 6.92 Å². The number of aromatic carboxylic acids is 1. The van der Waals surface area contributed by atoms with Crippen LogP contribution < -0.4 is 4.74 Å². The van der Waals surface area contributed by atoms with Crippen LogP contribution in [-0.4, -0.2) is 22.8 Å². The summed E-state index contributed by atoms with van der Waals surface area (Å²) in [4.78, 5) is 11.2. The number of rotatable bonds is 4. The van der Waals surface area contributed by atoms with Crippen molar-refractivity contribution in [1.82, 2.24) is 4.57 Å². The molecule has 0 aliphatic heterocycles. The van der Waals surface area contributed by atoms with E-state index in [-0.39, 0.29) is 5.69 Å². The monoisotopic (exact) mass is 279 g/mol. The topological polar surface area (TPSA) is 51.5 Å². The second-order valence-corrected chi connectivity index (χ2v) is 4.41. The normalized spacial score (nSPS) is 10.5. The van der Waals surface area contributed by atoms with Crippen molar-refractivity contribution < 1.29 is 14.6 Å². The molecule has 2 aromatic rings. The number of carboxylic acids is 1. The van der Waals surface area contributed by atoms with E-state index in [0.29, 0.717) is 17.3 Å². The van der Waals surface area contributed by atoms with E-state index >= 15 is 0 Å². The van der Waals surface area contributed by atoms with Crippen molar-refractivity contribution in [2.75, 3.05) is 7.11 Å². The zero-order valence-corrected chi connectivity index (χ0v) is 11.4. The molecule has 0 unspecified atom stereocenters. The minimum atomic E-state index is -0.952. The largest absolute Gasteiger partial charge is 0.497 e. The SMILES string of the molecule is CCn1c(C(=O)O)ccc1-c1cc(OC)ccc1Cl. The van der Waals surface area contributed by atoms with Gasteiger partial charge < -0.3 is 14.4 Å². The summed E-state index contributed by atoms with van der Waals surface area (Å²) in [7, 11) is 1.58. The molecule has 1 N–H and O–H groups in total. The van der Waals surface area contributed by atoms with Crippen LogP contribution in [0, 0.1) is 0 Å². The van der Waals surface area contributed by atoms with Gasteiger partial charge in [0.2, 0.25) is 0 Å². The van der Waals surface area contributed by atoms with Crippen molar-refractivity contribution in [2.45, 2.75) is 13.5 Å². The van der Waals surface area contributed by atoms with E-state index in [2.05, 4.69) is 0 Å². The average molecular weight is 280 g/mol. The van der Waals surface area contributed by atoms with Gasteiger partial charge in [-0.1, -0.05) is 11.6 Å². The first-order valence-electron chi connectivity index (χ1n) is 5.85. The smallest absolute Gasteiger partial charge is 0.352 e. The predicted molar refractivity (Wildman–Crippen MR) is 74.1 cm³/mol. The summed E-state index contributed by atoms with van der Waals surface area (Å²) in [5.41, 5.74) is 1.77. The minimum Gasteiger partial charge on any atom is -0.497 e. The van der Waals surface area contributed by atoms with Crippen LogP contribution in [0.4, 0.5) is 0 Å². The molecule has 0 fully saturated rings. The molecule has 100 valence electrons. The van der Waals surface area contributed by atoms with E-state index in [9.17, 15) is 4.79 Å². The third-order valence-corrected chi connectivity index (χ3v) is 3.30. The van der Waals surface area contributed by atoms with E-state index in [4.69, 9.17) is 21.4 Å². The van der Waals surface area contributed by atoms with Crippen LogP contribution in [0.1, 0.15) is 17.4 Å². The Kier molecular flexibility index (Phi) is 3.81. The van der Waals surface area contributed by atoms with Crippen LogP contribution in [0.25, 0.3) is 11.3 Å². The summed E-state index contributed by atoms with van der Waals surface area (Å²) in [6.45, 7) is 2.45. The fraction of sp³-hybridized carbons (Fsp3) is 0.214. The van der Waals surface area contributed by atoms with Gasteiger partial charge in [0, 0.05) is 12.1 Å². The molecule has 0 radical (unpaired) electrons. The number of benzene rings is 1. The summed E-state index contributed by atoms with van der Waals surface area (Å²) in [6, 6.07) is 8.65. The Morgan fingerprint density at radius 2 is 2.11 bits per heavy atom. The lowest BCUT2D eigenvalue weighted by Gasteiger charge is -2.11. The molecule has 19 heavy (non-hydrogen) atoms. The van der Waals surface area contributed by atoms with Crippen LogP contribution in [0.2, 0.25) is 5.02 Å². The molecule has 5 heteroatoms. The van der Waals surface area contributed by atoms with Crippen LogP contribution in [-0.2, 0) is 6.54 Å². The number of methoxy groups -OCH3 is 1. The molecule has 0 saturated heterocycles. The van der Waals surface area contributed by atoms with Crippen molar-refractivity contribution in [1.29, 1.82) is 0 Å². The minimum absolute atomic E-state index is 0.247. The van der Waals surface area contributed by atoms with Crippen molar-refractivity contribution in [2.24, 2.45) is 0 Å². The molecule has 0 atom stereocenters. The number of halogens is 1. The van der Waals surface area contributed by atoms with Gasteiger partial charge in [0.25, 0.3) is 0 Å². The molecule has 1 aromatic heterocycles.